The number of oxazole rings is 1. The molecule has 0 atom stereocenters. The van der Waals surface area contributed by atoms with E-state index in [1.807, 2.05) is 42.5 Å². The van der Waals surface area contributed by atoms with E-state index in [0.29, 0.717) is 17.1 Å². The molecule has 5 heteroatoms. The van der Waals surface area contributed by atoms with Gasteiger partial charge in [0, 0.05) is 5.56 Å². The predicted molar refractivity (Wildman–Crippen MR) is 81.9 cm³/mol. The first-order chi connectivity index (χ1) is 9.65. The molecule has 100 valence electrons. The molecule has 0 aliphatic heterocycles. The average Bonchev–Trinajstić information content (AvgIpc) is 2.76. The largest absolute Gasteiger partial charge is 0.420 e. The Balaban J connectivity index is 2.05. The Morgan fingerprint density at radius 3 is 2.80 bits per heavy atom. The fraction of sp³-hybridized carbons (Fsp3) is 0.0667. The fourth-order valence-electron chi connectivity index (χ4n) is 2.17. The summed E-state index contributed by atoms with van der Waals surface area (Å²) >= 11 is 4.96. The van der Waals surface area contributed by atoms with E-state index in [0.717, 1.165) is 16.6 Å². The van der Waals surface area contributed by atoms with Gasteiger partial charge in [0.25, 0.3) is 0 Å². The zero-order valence-electron chi connectivity index (χ0n) is 10.6. The fourth-order valence-corrected chi connectivity index (χ4v) is 2.30. The van der Waals surface area contributed by atoms with Gasteiger partial charge < -0.3 is 10.2 Å². The van der Waals surface area contributed by atoms with E-state index in [4.69, 9.17) is 22.4 Å². The van der Waals surface area contributed by atoms with Crippen molar-refractivity contribution >= 4 is 28.3 Å². The van der Waals surface area contributed by atoms with Gasteiger partial charge in [-0.15, -0.1) is 0 Å². The Hall–Kier alpha value is -2.40. The lowest BCUT2D eigenvalue weighted by Gasteiger charge is -2.05. The van der Waals surface area contributed by atoms with Crippen molar-refractivity contribution in [3.05, 3.63) is 70.2 Å². The van der Waals surface area contributed by atoms with Crippen LogP contribution in [-0.2, 0) is 6.54 Å². The summed E-state index contributed by atoms with van der Waals surface area (Å²) in [6, 6.07) is 14.9. The van der Waals surface area contributed by atoms with E-state index in [-0.39, 0.29) is 5.76 Å². The first-order valence-electron chi connectivity index (χ1n) is 6.12. The SMILES string of the molecule is NC(=S)c1cccc(Cn2c(=O)oc3ccccc32)c1. The van der Waals surface area contributed by atoms with Crippen molar-refractivity contribution in [1.29, 1.82) is 0 Å². The van der Waals surface area contributed by atoms with Crippen molar-refractivity contribution in [3.8, 4) is 0 Å². The van der Waals surface area contributed by atoms with Gasteiger partial charge in [0.2, 0.25) is 0 Å². The van der Waals surface area contributed by atoms with Crippen LogP contribution in [0.5, 0.6) is 0 Å². The third-order valence-corrected chi connectivity index (χ3v) is 3.36. The second-order valence-corrected chi connectivity index (χ2v) is 4.93. The topological polar surface area (TPSA) is 61.2 Å². The summed E-state index contributed by atoms with van der Waals surface area (Å²) in [5.41, 5.74) is 8.72. The predicted octanol–water partition coefficient (Wildman–Crippen LogP) is 2.28. The molecule has 2 aromatic carbocycles. The van der Waals surface area contributed by atoms with E-state index < -0.39 is 0 Å². The molecule has 20 heavy (non-hydrogen) atoms. The second-order valence-electron chi connectivity index (χ2n) is 4.49. The highest BCUT2D eigenvalue weighted by Gasteiger charge is 2.09. The van der Waals surface area contributed by atoms with E-state index >= 15 is 0 Å². The van der Waals surface area contributed by atoms with E-state index in [1.165, 1.54) is 0 Å². The smallest absolute Gasteiger partial charge is 0.408 e. The molecule has 1 heterocycles. The first kappa shape index (κ1) is 12.6. The summed E-state index contributed by atoms with van der Waals surface area (Å²) in [5.74, 6) is -0.369. The standard InChI is InChI=1S/C15H12N2O2S/c16-14(20)11-5-3-4-10(8-11)9-17-12-6-1-2-7-13(12)19-15(17)18/h1-8H,9H2,(H2,16,20). The van der Waals surface area contributed by atoms with Gasteiger partial charge in [-0.1, -0.05) is 42.5 Å². The van der Waals surface area contributed by atoms with Gasteiger partial charge in [0.05, 0.1) is 12.1 Å². The average molecular weight is 284 g/mol. The summed E-state index contributed by atoms with van der Waals surface area (Å²) in [5, 5.41) is 0. The lowest BCUT2D eigenvalue weighted by Crippen LogP contribution is -2.15. The maximum atomic E-state index is 11.9. The Morgan fingerprint density at radius 1 is 1.20 bits per heavy atom. The molecular formula is C15H12N2O2S. The van der Waals surface area contributed by atoms with Crippen LogP contribution in [0.1, 0.15) is 11.1 Å². The summed E-state index contributed by atoms with van der Waals surface area (Å²) in [6.45, 7) is 0.423. The van der Waals surface area contributed by atoms with Crippen molar-refractivity contribution in [2.24, 2.45) is 5.73 Å². The maximum Gasteiger partial charge on any atom is 0.420 e. The van der Waals surface area contributed by atoms with E-state index in [9.17, 15) is 4.79 Å². The van der Waals surface area contributed by atoms with Crippen LogP contribution in [0.4, 0.5) is 0 Å². The van der Waals surface area contributed by atoms with Crippen LogP contribution in [0.15, 0.2) is 57.7 Å². The van der Waals surface area contributed by atoms with Crippen molar-refractivity contribution < 1.29 is 4.42 Å². The van der Waals surface area contributed by atoms with Crippen LogP contribution in [-0.4, -0.2) is 9.56 Å². The molecule has 0 fully saturated rings. The van der Waals surface area contributed by atoms with Gasteiger partial charge in [0.1, 0.15) is 4.99 Å². The van der Waals surface area contributed by atoms with Crippen LogP contribution in [0.2, 0.25) is 0 Å². The Morgan fingerprint density at radius 2 is 2.00 bits per heavy atom. The zero-order chi connectivity index (χ0) is 14.1. The molecule has 0 amide bonds. The molecule has 2 N–H and O–H groups in total. The highest BCUT2D eigenvalue weighted by molar-refractivity contribution is 7.80. The lowest BCUT2D eigenvalue weighted by molar-refractivity contribution is 0.517. The van der Waals surface area contributed by atoms with Crippen LogP contribution < -0.4 is 11.5 Å². The molecule has 3 aromatic rings. The number of thiocarbonyl (C=S) groups is 1. The molecular weight excluding hydrogens is 272 g/mol. The number of hydrogen-bond donors (Lipinski definition) is 1. The molecule has 0 aliphatic rings. The minimum atomic E-state index is -0.369. The van der Waals surface area contributed by atoms with Gasteiger partial charge >= 0.3 is 5.76 Å². The summed E-state index contributed by atoms with van der Waals surface area (Å²) in [4.78, 5) is 12.3. The molecule has 0 saturated carbocycles. The quantitative estimate of drug-likeness (QED) is 0.750. The summed E-state index contributed by atoms with van der Waals surface area (Å²) < 4.78 is 6.80. The van der Waals surface area contributed by atoms with Gasteiger partial charge in [-0.3, -0.25) is 4.57 Å². The third-order valence-electron chi connectivity index (χ3n) is 3.13. The van der Waals surface area contributed by atoms with Gasteiger partial charge in [0.15, 0.2) is 5.58 Å². The van der Waals surface area contributed by atoms with Crippen molar-refractivity contribution in [2.75, 3.05) is 0 Å². The molecule has 0 spiro atoms. The molecule has 0 bridgehead atoms. The Kier molecular flexibility index (Phi) is 3.12. The summed E-state index contributed by atoms with van der Waals surface area (Å²) in [7, 11) is 0. The van der Waals surface area contributed by atoms with Crippen LogP contribution in [0, 0.1) is 0 Å². The number of para-hydroxylation sites is 2. The maximum absolute atomic E-state index is 11.9. The highest BCUT2D eigenvalue weighted by Crippen LogP contribution is 2.14. The minimum absolute atomic E-state index is 0.344. The molecule has 3 rings (SSSR count). The number of benzene rings is 2. The Bertz CT molecular complexity index is 848. The minimum Gasteiger partial charge on any atom is -0.408 e. The van der Waals surface area contributed by atoms with Crippen molar-refractivity contribution in [3.63, 3.8) is 0 Å². The highest BCUT2D eigenvalue weighted by atomic mass is 32.1. The molecule has 1 aromatic heterocycles. The third kappa shape index (κ3) is 2.23. The number of nitrogens with zero attached hydrogens (tertiary/aromatic N) is 1. The van der Waals surface area contributed by atoms with Crippen LogP contribution in [0.25, 0.3) is 11.1 Å². The first-order valence-corrected chi connectivity index (χ1v) is 6.53. The van der Waals surface area contributed by atoms with E-state index in [2.05, 4.69) is 0 Å². The number of fused-ring (bicyclic) bond motifs is 1. The molecule has 0 aliphatic carbocycles. The second kappa shape index (κ2) is 4.94. The monoisotopic (exact) mass is 284 g/mol. The van der Waals surface area contributed by atoms with Crippen molar-refractivity contribution in [1.82, 2.24) is 4.57 Å². The number of hydrogen-bond acceptors (Lipinski definition) is 3. The van der Waals surface area contributed by atoms with Gasteiger partial charge in [-0.25, -0.2) is 4.79 Å². The van der Waals surface area contributed by atoms with Crippen molar-refractivity contribution in [2.45, 2.75) is 6.54 Å². The molecule has 0 radical (unpaired) electrons. The van der Waals surface area contributed by atoms with Gasteiger partial charge in [-0.2, -0.15) is 0 Å². The zero-order valence-corrected chi connectivity index (χ0v) is 11.4. The molecule has 0 saturated heterocycles. The molecule has 4 nitrogen and oxygen atoms in total. The van der Waals surface area contributed by atoms with Crippen LogP contribution >= 0.6 is 12.2 Å². The number of nitrogens with two attached hydrogens (primary N) is 1. The van der Waals surface area contributed by atoms with Crippen LogP contribution in [0.3, 0.4) is 0 Å². The molecule has 0 unspecified atom stereocenters. The van der Waals surface area contributed by atoms with E-state index in [1.54, 1.807) is 10.6 Å². The number of aromatic nitrogens is 1. The normalized spacial score (nSPS) is 10.8. The Labute approximate surface area is 120 Å². The number of rotatable bonds is 3. The van der Waals surface area contributed by atoms with Gasteiger partial charge in [-0.05, 0) is 23.8 Å². The lowest BCUT2D eigenvalue weighted by atomic mass is 10.1. The summed E-state index contributed by atoms with van der Waals surface area (Å²) in [6.07, 6.45) is 0.